The molecule has 1 heterocycles. The molecule has 4 heteroatoms. The third kappa shape index (κ3) is 3.58. The van der Waals surface area contributed by atoms with Gasteiger partial charge >= 0.3 is 0 Å². The largest absolute Gasteiger partial charge is 0.508 e. The maximum atomic E-state index is 9.23. The Kier molecular flexibility index (Phi) is 4.22. The van der Waals surface area contributed by atoms with Gasteiger partial charge < -0.3 is 10.4 Å². The number of nitrogens with zero attached hydrogens (tertiary/aromatic N) is 2. The lowest BCUT2D eigenvalue weighted by atomic mass is 10.1. The highest BCUT2D eigenvalue weighted by molar-refractivity contribution is 5.26. The molecule has 2 rings (SSSR count). The lowest BCUT2D eigenvalue weighted by Gasteiger charge is -2.07. The standard InChI is InChI=1S/C15H21N3O/c1-11(2)15-13(10-18(3)17-15)9-16-8-12-4-6-14(19)7-5-12/h4-7,10-11,16,19H,8-9H2,1-3H3. The summed E-state index contributed by atoms with van der Waals surface area (Å²) in [7, 11) is 1.95. The van der Waals surface area contributed by atoms with Crippen molar-refractivity contribution in [2.24, 2.45) is 7.05 Å². The van der Waals surface area contributed by atoms with Crippen LogP contribution in [0.1, 0.15) is 36.6 Å². The van der Waals surface area contributed by atoms with E-state index in [-0.39, 0.29) is 0 Å². The molecule has 0 atom stereocenters. The number of phenolic OH excluding ortho intramolecular Hbond substituents is 1. The molecular weight excluding hydrogens is 238 g/mol. The number of aryl methyl sites for hydroxylation is 1. The molecule has 102 valence electrons. The Labute approximate surface area is 114 Å². The second-order valence-electron chi connectivity index (χ2n) is 5.14. The van der Waals surface area contributed by atoms with Crippen LogP contribution in [0.4, 0.5) is 0 Å². The van der Waals surface area contributed by atoms with Crippen LogP contribution in [0.3, 0.4) is 0 Å². The smallest absolute Gasteiger partial charge is 0.115 e. The zero-order valence-corrected chi connectivity index (χ0v) is 11.7. The first-order valence-electron chi connectivity index (χ1n) is 6.57. The Balaban J connectivity index is 1.94. The van der Waals surface area contributed by atoms with Crippen LogP contribution in [0.15, 0.2) is 30.5 Å². The predicted molar refractivity (Wildman–Crippen MR) is 75.9 cm³/mol. The molecule has 19 heavy (non-hydrogen) atoms. The van der Waals surface area contributed by atoms with E-state index < -0.39 is 0 Å². The molecule has 2 aromatic rings. The molecule has 0 amide bonds. The Morgan fingerprint density at radius 3 is 2.53 bits per heavy atom. The average molecular weight is 259 g/mol. The first-order valence-corrected chi connectivity index (χ1v) is 6.57. The van der Waals surface area contributed by atoms with E-state index in [4.69, 9.17) is 0 Å². The first-order chi connectivity index (χ1) is 9.06. The van der Waals surface area contributed by atoms with E-state index in [0.717, 1.165) is 24.3 Å². The monoisotopic (exact) mass is 259 g/mol. The summed E-state index contributed by atoms with van der Waals surface area (Å²) >= 11 is 0. The van der Waals surface area contributed by atoms with E-state index in [1.54, 1.807) is 12.1 Å². The van der Waals surface area contributed by atoms with Gasteiger partial charge in [-0.05, 0) is 23.6 Å². The topological polar surface area (TPSA) is 50.1 Å². The van der Waals surface area contributed by atoms with Gasteiger partial charge in [-0.2, -0.15) is 5.10 Å². The molecule has 0 aliphatic rings. The van der Waals surface area contributed by atoms with Crippen LogP contribution in [-0.2, 0) is 20.1 Å². The van der Waals surface area contributed by atoms with E-state index in [1.165, 1.54) is 5.56 Å². The normalized spacial score (nSPS) is 11.2. The molecule has 0 unspecified atom stereocenters. The highest BCUT2D eigenvalue weighted by atomic mass is 16.3. The SMILES string of the molecule is CC(C)c1nn(C)cc1CNCc1ccc(O)cc1. The van der Waals surface area contributed by atoms with Crippen molar-refractivity contribution < 1.29 is 5.11 Å². The maximum Gasteiger partial charge on any atom is 0.115 e. The lowest BCUT2D eigenvalue weighted by molar-refractivity contribution is 0.475. The van der Waals surface area contributed by atoms with E-state index in [1.807, 2.05) is 23.9 Å². The lowest BCUT2D eigenvalue weighted by Crippen LogP contribution is -2.13. The zero-order chi connectivity index (χ0) is 13.8. The quantitative estimate of drug-likeness (QED) is 0.867. The van der Waals surface area contributed by atoms with Gasteiger partial charge in [0, 0.05) is 31.9 Å². The molecular formula is C15H21N3O. The molecule has 4 nitrogen and oxygen atoms in total. The fraction of sp³-hybridized carbons (Fsp3) is 0.400. The Hall–Kier alpha value is -1.81. The van der Waals surface area contributed by atoms with Gasteiger partial charge in [0.15, 0.2) is 0 Å². The van der Waals surface area contributed by atoms with E-state index in [0.29, 0.717) is 11.7 Å². The predicted octanol–water partition coefficient (Wildman–Crippen LogP) is 2.54. The van der Waals surface area contributed by atoms with Crippen molar-refractivity contribution in [2.75, 3.05) is 0 Å². The van der Waals surface area contributed by atoms with Gasteiger partial charge in [0.1, 0.15) is 5.75 Å². The number of hydrogen-bond acceptors (Lipinski definition) is 3. The Bertz CT molecular complexity index is 529. The number of phenols is 1. The van der Waals surface area contributed by atoms with Crippen molar-refractivity contribution in [2.45, 2.75) is 32.9 Å². The van der Waals surface area contributed by atoms with Crippen LogP contribution < -0.4 is 5.32 Å². The molecule has 0 spiro atoms. The summed E-state index contributed by atoms with van der Waals surface area (Å²) in [5.74, 6) is 0.741. The number of benzene rings is 1. The van der Waals surface area contributed by atoms with Crippen molar-refractivity contribution in [1.82, 2.24) is 15.1 Å². The highest BCUT2D eigenvalue weighted by Gasteiger charge is 2.10. The summed E-state index contributed by atoms with van der Waals surface area (Å²) in [4.78, 5) is 0. The van der Waals surface area contributed by atoms with Crippen LogP contribution in [0, 0.1) is 0 Å². The molecule has 2 N–H and O–H groups in total. The zero-order valence-electron chi connectivity index (χ0n) is 11.7. The first kappa shape index (κ1) is 13.6. The Morgan fingerprint density at radius 2 is 1.89 bits per heavy atom. The number of nitrogens with one attached hydrogen (secondary N) is 1. The van der Waals surface area contributed by atoms with Crippen molar-refractivity contribution >= 4 is 0 Å². The molecule has 0 saturated carbocycles. The molecule has 0 fully saturated rings. The van der Waals surface area contributed by atoms with Crippen molar-refractivity contribution in [3.8, 4) is 5.75 Å². The third-order valence-corrected chi connectivity index (χ3v) is 3.06. The summed E-state index contributed by atoms with van der Waals surface area (Å²) in [6, 6.07) is 7.27. The molecule has 0 aliphatic carbocycles. The van der Waals surface area contributed by atoms with Gasteiger partial charge in [-0.3, -0.25) is 4.68 Å². The second-order valence-corrected chi connectivity index (χ2v) is 5.14. The van der Waals surface area contributed by atoms with Crippen LogP contribution >= 0.6 is 0 Å². The van der Waals surface area contributed by atoms with Crippen LogP contribution in [0.5, 0.6) is 5.75 Å². The molecule has 0 radical (unpaired) electrons. The van der Waals surface area contributed by atoms with Gasteiger partial charge in [-0.1, -0.05) is 26.0 Å². The summed E-state index contributed by atoms with van der Waals surface area (Å²) in [5.41, 5.74) is 3.56. The van der Waals surface area contributed by atoms with Crippen LogP contribution in [-0.4, -0.2) is 14.9 Å². The minimum atomic E-state index is 0.304. The van der Waals surface area contributed by atoms with Gasteiger partial charge in [0.25, 0.3) is 0 Å². The number of aromatic nitrogens is 2. The molecule has 0 bridgehead atoms. The fourth-order valence-electron chi connectivity index (χ4n) is 2.13. The van der Waals surface area contributed by atoms with Gasteiger partial charge in [-0.25, -0.2) is 0 Å². The highest BCUT2D eigenvalue weighted by Crippen LogP contribution is 2.17. The fourth-order valence-corrected chi connectivity index (χ4v) is 2.13. The van der Waals surface area contributed by atoms with E-state index in [2.05, 4.69) is 30.5 Å². The maximum absolute atomic E-state index is 9.23. The minimum absolute atomic E-state index is 0.304. The van der Waals surface area contributed by atoms with Crippen molar-refractivity contribution in [1.29, 1.82) is 0 Å². The number of rotatable bonds is 5. The Morgan fingerprint density at radius 1 is 1.21 bits per heavy atom. The van der Waals surface area contributed by atoms with E-state index >= 15 is 0 Å². The summed E-state index contributed by atoms with van der Waals surface area (Å²) in [6.45, 7) is 5.91. The molecule has 1 aromatic carbocycles. The van der Waals surface area contributed by atoms with Crippen molar-refractivity contribution in [3.63, 3.8) is 0 Å². The number of aromatic hydroxyl groups is 1. The van der Waals surface area contributed by atoms with Gasteiger partial charge in [0.2, 0.25) is 0 Å². The summed E-state index contributed by atoms with van der Waals surface area (Å²) in [5, 5.41) is 17.1. The van der Waals surface area contributed by atoms with Crippen LogP contribution in [0.25, 0.3) is 0 Å². The van der Waals surface area contributed by atoms with Crippen molar-refractivity contribution in [3.05, 3.63) is 47.3 Å². The summed E-state index contributed by atoms with van der Waals surface area (Å²) < 4.78 is 1.87. The molecule has 0 aliphatic heterocycles. The van der Waals surface area contributed by atoms with Gasteiger partial charge in [-0.15, -0.1) is 0 Å². The van der Waals surface area contributed by atoms with Crippen LogP contribution in [0.2, 0.25) is 0 Å². The third-order valence-electron chi connectivity index (χ3n) is 3.06. The van der Waals surface area contributed by atoms with Gasteiger partial charge in [0.05, 0.1) is 5.69 Å². The van der Waals surface area contributed by atoms with E-state index in [9.17, 15) is 5.11 Å². The average Bonchev–Trinajstić information content (AvgIpc) is 2.73. The molecule has 0 saturated heterocycles. The minimum Gasteiger partial charge on any atom is -0.508 e. The number of hydrogen-bond donors (Lipinski definition) is 2. The summed E-state index contributed by atoms with van der Waals surface area (Å²) in [6.07, 6.45) is 2.07. The second kappa shape index (κ2) is 5.89. The molecule has 1 aromatic heterocycles.